The van der Waals surface area contributed by atoms with E-state index in [2.05, 4.69) is 10.6 Å². The molecule has 0 spiro atoms. The topological polar surface area (TPSA) is 105 Å². The summed E-state index contributed by atoms with van der Waals surface area (Å²) in [4.78, 5) is 35.8. The van der Waals surface area contributed by atoms with Crippen LogP contribution in [-0.2, 0) is 11.8 Å². The molecule has 1 heterocycles. The van der Waals surface area contributed by atoms with Gasteiger partial charge in [0.2, 0.25) is 5.91 Å². The van der Waals surface area contributed by atoms with Crippen LogP contribution >= 0.6 is 0 Å². The normalized spacial score (nSPS) is 11.2. The van der Waals surface area contributed by atoms with Crippen molar-refractivity contribution in [1.82, 2.24) is 14.7 Å². The molecule has 2 amide bonds. The van der Waals surface area contributed by atoms with Crippen molar-refractivity contribution < 1.29 is 14.7 Å². The summed E-state index contributed by atoms with van der Waals surface area (Å²) >= 11 is 0. The molecule has 1 aromatic heterocycles. The van der Waals surface area contributed by atoms with Crippen LogP contribution in [0.15, 0.2) is 35.1 Å². The zero-order valence-electron chi connectivity index (χ0n) is 15.4. The molecule has 0 aliphatic heterocycles. The van der Waals surface area contributed by atoms with Crippen LogP contribution in [0.25, 0.3) is 5.69 Å². The number of nitrogens with one attached hydrogen (secondary N) is 2. The molecule has 0 saturated heterocycles. The standard InChI is InChI=1S/C18H24N4O4/c1-12-15(20-14(23)10-18(2,3)11-19-17(25)26)16(24)22(21(12)4)13-8-6-5-7-9-13/h5-9,19H,10-11H2,1-4H3,(H,20,23)(H,25,26). The first-order valence-corrected chi connectivity index (χ1v) is 8.23. The van der Waals surface area contributed by atoms with Crippen LogP contribution in [0.2, 0.25) is 0 Å². The van der Waals surface area contributed by atoms with Crippen molar-refractivity contribution in [3.8, 4) is 5.69 Å². The molecule has 2 rings (SSSR count). The number of hydrogen-bond donors (Lipinski definition) is 3. The molecular weight excluding hydrogens is 336 g/mol. The molecule has 1 aromatic carbocycles. The van der Waals surface area contributed by atoms with Gasteiger partial charge in [-0.15, -0.1) is 0 Å². The van der Waals surface area contributed by atoms with E-state index >= 15 is 0 Å². The predicted octanol–water partition coefficient (Wildman–Crippen LogP) is 2.11. The van der Waals surface area contributed by atoms with Crippen molar-refractivity contribution in [2.24, 2.45) is 12.5 Å². The molecule has 0 aliphatic rings. The summed E-state index contributed by atoms with van der Waals surface area (Å²) < 4.78 is 3.17. The highest BCUT2D eigenvalue weighted by atomic mass is 16.4. The molecule has 0 bridgehead atoms. The first-order valence-electron chi connectivity index (χ1n) is 8.23. The second-order valence-electron chi connectivity index (χ2n) is 6.98. The molecule has 140 valence electrons. The summed E-state index contributed by atoms with van der Waals surface area (Å²) in [5, 5.41) is 13.7. The average Bonchev–Trinajstić information content (AvgIpc) is 2.77. The Bertz CT molecular complexity index is 865. The van der Waals surface area contributed by atoms with Gasteiger partial charge in [-0.05, 0) is 24.5 Å². The van der Waals surface area contributed by atoms with E-state index < -0.39 is 11.5 Å². The largest absolute Gasteiger partial charge is 0.465 e. The first-order chi connectivity index (χ1) is 12.1. The number of rotatable bonds is 6. The van der Waals surface area contributed by atoms with Crippen LogP contribution in [0.1, 0.15) is 26.0 Å². The number of carbonyl (C=O) groups is 2. The fourth-order valence-corrected chi connectivity index (χ4v) is 2.71. The van der Waals surface area contributed by atoms with Crippen LogP contribution in [-0.4, -0.2) is 33.0 Å². The van der Waals surface area contributed by atoms with Crippen molar-refractivity contribution >= 4 is 17.7 Å². The van der Waals surface area contributed by atoms with Gasteiger partial charge in [-0.2, -0.15) is 0 Å². The predicted molar refractivity (Wildman–Crippen MR) is 98.8 cm³/mol. The number of carboxylic acid groups (broad SMARTS) is 1. The van der Waals surface area contributed by atoms with Crippen LogP contribution < -0.4 is 16.2 Å². The lowest BCUT2D eigenvalue weighted by Gasteiger charge is -2.23. The molecular formula is C18H24N4O4. The van der Waals surface area contributed by atoms with Gasteiger partial charge in [-0.1, -0.05) is 32.0 Å². The monoisotopic (exact) mass is 360 g/mol. The van der Waals surface area contributed by atoms with Crippen LogP contribution in [0.5, 0.6) is 0 Å². The van der Waals surface area contributed by atoms with Crippen molar-refractivity contribution in [2.45, 2.75) is 27.2 Å². The van der Waals surface area contributed by atoms with E-state index in [-0.39, 0.29) is 30.1 Å². The maximum Gasteiger partial charge on any atom is 0.404 e. The molecule has 0 atom stereocenters. The van der Waals surface area contributed by atoms with Crippen LogP contribution in [0.3, 0.4) is 0 Å². The maximum absolute atomic E-state index is 12.8. The Labute approximate surface area is 151 Å². The SMILES string of the molecule is Cc1c(NC(=O)CC(C)(C)CNC(=O)O)c(=O)n(-c2ccccc2)n1C. The Balaban J connectivity index is 2.21. The molecule has 0 radical (unpaired) electrons. The van der Waals surface area contributed by atoms with Gasteiger partial charge < -0.3 is 15.7 Å². The number of benzene rings is 1. The van der Waals surface area contributed by atoms with Crippen molar-refractivity contribution in [3.63, 3.8) is 0 Å². The lowest BCUT2D eigenvalue weighted by Crippen LogP contribution is -2.36. The number of hydrogen-bond acceptors (Lipinski definition) is 3. The second-order valence-corrected chi connectivity index (χ2v) is 6.98. The van der Waals surface area contributed by atoms with Crippen molar-refractivity contribution in [3.05, 3.63) is 46.4 Å². The summed E-state index contributed by atoms with van der Waals surface area (Å²) in [6.07, 6.45) is -1.06. The quantitative estimate of drug-likeness (QED) is 0.733. The smallest absolute Gasteiger partial charge is 0.404 e. The summed E-state index contributed by atoms with van der Waals surface area (Å²) in [7, 11) is 1.75. The van der Waals surface area contributed by atoms with E-state index in [1.165, 1.54) is 4.68 Å². The van der Waals surface area contributed by atoms with E-state index in [1.807, 2.05) is 30.3 Å². The summed E-state index contributed by atoms with van der Waals surface area (Å²) in [5.74, 6) is -0.340. The third kappa shape index (κ3) is 4.33. The maximum atomic E-state index is 12.8. The minimum Gasteiger partial charge on any atom is -0.465 e. The van der Waals surface area contributed by atoms with Gasteiger partial charge in [-0.25, -0.2) is 9.48 Å². The third-order valence-corrected chi connectivity index (χ3v) is 4.18. The van der Waals surface area contributed by atoms with Gasteiger partial charge in [0.15, 0.2) is 0 Å². The van der Waals surface area contributed by atoms with Gasteiger partial charge in [0.25, 0.3) is 5.56 Å². The van der Waals surface area contributed by atoms with E-state index in [0.29, 0.717) is 11.4 Å². The van der Waals surface area contributed by atoms with Crippen LogP contribution in [0, 0.1) is 12.3 Å². The summed E-state index contributed by atoms with van der Waals surface area (Å²) in [5.41, 5.74) is 0.668. The lowest BCUT2D eigenvalue weighted by atomic mass is 9.89. The summed E-state index contributed by atoms with van der Waals surface area (Å²) in [6, 6.07) is 9.15. The van der Waals surface area contributed by atoms with Gasteiger partial charge in [0.1, 0.15) is 5.69 Å². The zero-order chi connectivity index (χ0) is 19.5. The highest BCUT2D eigenvalue weighted by Crippen LogP contribution is 2.21. The molecule has 26 heavy (non-hydrogen) atoms. The molecule has 0 aliphatic carbocycles. The van der Waals surface area contributed by atoms with Gasteiger partial charge >= 0.3 is 6.09 Å². The van der Waals surface area contributed by atoms with E-state index in [1.54, 1.807) is 32.5 Å². The van der Waals surface area contributed by atoms with E-state index in [9.17, 15) is 14.4 Å². The zero-order valence-corrected chi connectivity index (χ0v) is 15.4. The van der Waals surface area contributed by atoms with E-state index in [0.717, 1.165) is 0 Å². The number of anilines is 1. The Morgan fingerprint density at radius 3 is 2.38 bits per heavy atom. The lowest BCUT2D eigenvalue weighted by molar-refractivity contribution is -0.118. The third-order valence-electron chi connectivity index (χ3n) is 4.18. The van der Waals surface area contributed by atoms with Gasteiger partial charge in [-0.3, -0.25) is 14.3 Å². The summed E-state index contributed by atoms with van der Waals surface area (Å²) in [6.45, 7) is 5.45. The van der Waals surface area contributed by atoms with Crippen molar-refractivity contribution in [1.29, 1.82) is 0 Å². The number of para-hydroxylation sites is 1. The Kier molecular flexibility index (Phi) is 5.54. The average molecular weight is 360 g/mol. The molecule has 8 heteroatoms. The Morgan fingerprint density at radius 1 is 1.19 bits per heavy atom. The highest BCUT2D eigenvalue weighted by Gasteiger charge is 2.25. The van der Waals surface area contributed by atoms with Crippen LogP contribution in [0.4, 0.5) is 10.5 Å². The number of amides is 2. The number of carbonyl (C=O) groups excluding carboxylic acids is 1. The van der Waals surface area contributed by atoms with E-state index in [4.69, 9.17) is 5.11 Å². The molecule has 0 saturated carbocycles. The molecule has 8 nitrogen and oxygen atoms in total. The van der Waals surface area contributed by atoms with Gasteiger partial charge in [0.05, 0.1) is 11.4 Å². The number of nitrogens with zero attached hydrogens (tertiary/aromatic N) is 2. The molecule has 0 unspecified atom stereocenters. The second kappa shape index (κ2) is 7.47. The minimum absolute atomic E-state index is 0.0758. The highest BCUT2D eigenvalue weighted by molar-refractivity contribution is 5.91. The fraction of sp³-hybridized carbons (Fsp3) is 0.389. The van der Waals surface area contributed by atoms with Crippen molar-refractivity contribution in [2.75, 3.05) is 11.9 Å². The Hall–Kier alpha value is -3.03. The first kappa shape index (κ1) is 19.3. The molecule has 0 fully saturated rings. The minimum atomic E-state index is -1.14. The Morgan fingerprint density at radius 2 is 1.81 bits per heavy atom. The number of aromatic nitrogens is 2. The molecule has 2 aromatic rings. The van der Waals surface area contributed by atoms with Gasteiger partial charge in [0, 0.05) is 20.0 Å². The molecule has 3 N–H and O–H groups in total. The fourth-order valence-electron chi connectivity index (χ4n) is 2.71.